The number of anilines is 2. The highest BCUT2D eigenvalue weighted by molar-refractivity contribution is 14.1. The number of thioether (sulfide) groups is 1. The van der Waals surface area contributed by atoms with Crippen molar-refractivity contribution >= 4 is 98.6 Å². The molecule has 1 heterocycles. The summed E-state index contributed by atoms with van der Waals surface area (Å²) < 4.78 is 1.01. The standard InChI is InChI=1S/C32H22Cl2IN3O4S/c33-21-7-6-20(26(34)17-21)16-27(37-30(40)19-4-2-1-3-5-19)31(41)36-23-10-14-25(15-11-23)43-28-18-29(39)38(32(28)42)24-12-8-22(35)9-13-24/h1-17,28H,18H2,(H,36,41)(H,37,40)/b27-16-. The van der Waals surface area contributed by atoms with Gasteiger partial charge in [-0.3, -0.25) is 19.2 Å². The number of hydrogen-bond donors (Lipinski definition) is 2. The second kappa shape index (κ2) is 13.8. The predicted octanol–water partition coefficient (Wildman–Crippen LogP) is 7.43. The predicted molar refractivity (Wildman–Crippen MR) is 179 cm³/mol. The molecule has 1 saturated heterocycles. The van der Waals surface area contributed by atoms with E-state index in [2.05, 4.69) is 33.2 Å². The lowest BCUT2D eigenvalue weighted by molar-refractivity contribution is -0.121. The maximum absolute atomic E-state index is 13.3. The van der Waals surface area contributed by atoms with E-state index in [1.54, 1.807) is 84.9 Å². The van der Waals surface area contributed by atoms with Gasteiger partial charge in [0, 0.05) is 36.2 Å². The fourth-order valence-electron chi connectivity index (χ4n) is 4.25. The van der Waals surface area contributed by atoms with E-state index >= 15 is 0 Å². The number of nitrogens with zero attached hydrogens (tertiary/aromatic N) is 1. The summed E-state index contributed by atoms with van der Waals surface area (Å²) >= 11 is 15.8. The van der Waals surface area contributed by atoms with E-state index in [-0.39, 0.29) is 23.9 Å². The molecule has 0 aliphatic carbocycles. The van der Waals surface area contributed by atoms with Gasteiger partial charge in [-0.2, -0.15) is 0 Å². The number of imide groups is 1. The Morgan fingerprint density at radius 3 is 2.28 bits per heavy atom. The fourth-order valence-corrected chi connectivity index (χ4v) is 6.13. The Balaban J connectivity index is 1.29. The Morgan fingerprint density at radius 2 is 1.60 bits per heavy atom. The van der Waals surface area contributed by atoms with Crippen molar-refractivity contribution in [3.8, 4) is 0 Å². The molecule has 0 aromatic heterocycles. The van der Waals surface area contributed by atoms with Crippen LogP contribution in [0.15, 0.2) is 108 Å². The summed E-state index contributed by atoms with van der Waals surface area (Å²) in [5.74, 6) is -1.54. The summed E-state index contributed by atoms with van der Waals surface area (Å²) in [5.41, 5.74) is 1.87. The summed E-state index contributed by atoms with van der Waals surface area (Å²) in [6, 6.07) is 27.4. The number of rotatable bonds is 8. The van der Waals surface area contributed by atoms with E-state index in [0.29, 0.717) is 32.5 Å². The van der Waals surface area contributed by atoms with Gasteiger partial charge >= 0.3 is 0 Å². The highest BCUT2D eigenvalue weighted by Gasteiger charge is 2.40. The maximum Gasteiger partial charge on any atom is 0.272 e. The molecule has 5 rings (SSSR count). The molecule has 11 heteroatoms. The normalized spacial score (nSPS) is 15.0. The average molecular weight is 742 g/mol. The van der Waals surface area contributed by atoms with Gasteiger partial charge in [-0.1, -0.05) is 47.5 Å². The number of carbonyl (C=O) groups excluding carboxylic acids is 4. The molecule has 1 aliphatic heterocycles. The van der Waals surface area contributed by atoms with Gasteiger partial charge in [-0.25, -0.2) is 4.90 Å². The Kier molecular flexibility index (Phi) is 9.86. The first kappa shape index (κ1) is 30.8. The number of halogens is 3. The van der Waals surface area contributed by atoms with E-state index in [9.17, 15) is 19.2 Å². The van der Waals surface area contributed by atoms with E-state index in [1.807, 2.05) is 12.1 Å². The lowest BCUT2D eigenvalue weighted by atomic mass is 10.1. The van der Waals surface area contributed by atoms with Crippen LogP contribution in [0, 0.1) is 3.57 Å². The molecular weight excluding hydrogens is 720 g/mol. The summed E-state index contributed by atoms with van der Waals surface area (Å²) in [4.78, 5) is 53.9. The Morgan fingerprint density at radius 1 is 0.907 bits per heavy atom. The number of benzene rings is 4. The first-order valence-corrected chi connectivity index (χ1v) is 15.6. The highest BCUT2D eigenvalue weighted by Crippen LogP contribution is 2.34. The smallest absolute Gasteiger partial charge is 0.272 e. The molecule has 1 aliphatic rings. The first-order chi connectivity index (χ1) is 20.7. The van der Waals surface area contributed by atoms with Crippen molar-refractivity contribution in [2.45, 2.75) is 16.6 Å². The molecule has 2 N–H and O–H groups in total. The minimum Gasteiger partial charge on any atom is -0.321 e. The van der Waals surface area contributed by atoms with Crippen LogP contribution in [0.3, 0.4) is 0 Å². The van der Waals surface area contributed by atoms with E-state index < -0.39 is 17.1 Å². The van der Waals surface area contributed by atoms with Crippen LogP contribution in [-0.4, -0.2) is 28.9 Å². The zero-order valence-corrected chi connectivity index (χ0v) is 26.7. The third-order valence-corrected chi connectivity index (χ3v) is 8.85. The molecule has 0 saturated carbocycles. The second-order valence-corrected chi connectivity index (χ2v) is 12.7. The van der Waals surface area contributed by atoms with Gasteiger partial charge in [-0.05, 0) is 107 Å². The van der Waals surface area contributed by atoms with Gasteiger partial charge in [0.25, 0.3) is 11.8 Å². The molecule has 4 amide bonds. The van der Waals surface area contributed by atoms with Crippen molar-refractivity contribution in [1.82, 2.24) is 5.32 Å². The highest BCUT2D eigenvalue weighted by atomic mass is 127. The lowest BCUT2D eigenvalue weighted by Gasteiger charge is -2.15. The van der Waals surface area contributed by atoms with Gasteiger partial charge in [0.15, 0.2) is 0 Å². The maximum atomic E-state index is 13.3. The molecular formula is C32H22Cl2IN3O4S. The minimum atomic E-state index is -0.569. The summed E-state index contributed by atoms with van der Waals surface area (Å²) in [6.45, 7) is 0. The average Bonchev–Trinajstić information content (AvgIpc) is 3.27. The van der Waals surface area contributed by atoms with Crippen molar-refractivity contribution in [2.24, 2.45) is 0 Å². The first-order valence-electron chi connectivity index (χ1n) is 12.9. The molecule has 4 aromatic rings. The summed E-state index contributed by atoms with van der Waals surface area (Å²) in [6.07, 6.45) is 1.57. The zero-order chi connectivity index (χ0) is 30.5. The third-order valence-electron chi connectivity index (χ3n) is 6.37. The number of carbonyl (C=O) groups is 4. The van der Waals surface area contributed by atoms with Crippen LogP contribution >= 0.6 is 57.6 Å². The van der Waals surface area contributed by atoms with Crippen molar-refractivity contribution < 1.29 is 19.2 Å². The van der Waals surface area contributed by atoms with Crippen LogP contribution in [0.2, 0.25) is 10.0 Å². The lowest BCUT2D eigenvalue weighted by Crippen LogP contribution is -2.31. The van der Waals surface area contributed by atoms with E-state index in [1.165, 1.54) is 22.7 Å². The zero-order valence-electron chi connectivity index (χ0n) is 22.2. The fraction of sp³-hybridized carbons (Fsp3) is 0.0625. The molecule has 0 spiro atoms. The number of nitrogens with one attached hydrogen (secondary N) is 2. The third kappa shape index (κ3) is 7.66. The molecule has 1 fully saturated rings. The molecule has 1 unspecified atom stereocenters. The topological polar surface area (TPSA) is 95.6 Å². The van der Waals surface area contributed by atoms with Crippen LogP contribution in [0.1, 0.15) is 22.3 Å². The van der Waals surface area contributed by atoms with E-state index in [0.717, 1.165) is 8.47 Å². The summed E-state index contributed by atoms with van der Waals surface area (Å²) in [7, 11) is 0. The van der Waals surface area contributed by atoms with Gasteiger partial charge in [-0.15, -0.1) is 11.8 Å². The molecule has 4 aromatic carbocycles. The molecule has 1 atom stereocenters. The van der Waals surface area contributed by atoms with Gasteiger partial charge < -0.3 is 10.6 Å². The van der Waals surface area contributed by atoms with Crippen LogP contribution in [0.25, 0.3) is 6.08 Å². The quantitative estimate of drug-likeness (QED) is 0.111. The Bertz CT molecular complexity index is 1730. The number of amides is 4. The van der Waals surface area contributed by atoms with E-state index in [4.69, 9.17) is 23.2 Å². The second-order valence-electron chi connectivity index (χ2n) is 9.38. The molecule has 7 nitrogen and oxygen atoms in total. The van der Waals surface area contributed by atoms with Crippen molar-refractivity contribution in [1.29, 1.82) is 0 Å². The monoisotopic (exact) mass is 741 g/mol. The van der Waals surface area contributed by atoms with Crippen LogP contribution < -0.4 is 15.5 Å². The van der Waals surface area contributed by atoms with Crippen LogP contribution in [-0.2, 0) is 14.4 Å². The van der Waals surface area contributed by atoms with Gasteiger partial charge in [0.05, 0.1) is 10.9 Å². The molecule has 216 valence electrons. The Labute approximate surface area is 275 Å². The van der Waals surface area contributed by atoms with Crippen LogP contribution in [0.5, 0.6) is 0 Å². The SMILES string of the molecule is O=C(Nc1ccc(SC2CC(=O)N(c3ccc(I)cc3)C2=O)cc1)/C(=C/c1ccc(Cl)cc1Cl)NC(=O)c1ccccc1. The molecule has 0 radical (unpaired) electrons. The van der Waals surface area contributed by atoms with Crippen LogP contribution in [0.4, 0.5) is 11.4 Å². The minimum absolute atomic E-state index is 0.0257. The van der Waals surface area contributed by atoms with Crippen molar-refractivity contribution in [3.05, 3.63) is 128 Å². The number of hydrogen-bond acceptors (Lipinski definition) is 5. The van der Waals surface area contributed by atoms with Crippen molar-refractivity contribution in [2.75, 3.05) is 10.2 Å². The molecule has 43 heavy (non-hydrogen) atoms. The summed E-state index contributed by atoms with van der Waals surface area (Å²) in [5, 5.41) is 5.66. The largest absolute Gasteiger partial charge is 0.321 e. The van der Waals surface area contributed by atoms with Crippen molar-refractivity contribution in [3.63, 3.8) is 0 Å². The molecule has 0 bridgehead atoms. The van der Waals surface area contributed by atoms with Gasteiger partial charge in [0.2, 0.25) is 11.8 Å². The Hall–Kier alpha value is -3.64. The van der Waals surface area contributed by atoms with Gasteiger partial charge in [0.1, 0.15) is 5.70 Å².